The van der Waals surface area contributed by atoms with Crippen LogP contribution in [0.2, 0.25) is 0 Å². The van der Waals surface area contributed by atoms with Gasteiger partial charge in [0.1, 0.15) is 0 Å². The molecule has 1 aromatic rings. The number of aryl methyl sites for hydroxylation is 1. The Balaban J connectivity index is 2.09. The molecule has 1 heterocycles. The average molecular weight is 211 g/mol. The molecule has 0 aromatic carbocycles. The van der Waals surface area contributed by atoms with Crippen LogP contribution in [0, 0.1) is 0 Å². The lowest BCUT2D eigenvalue weighted by Gasteiger charge is -2.06. The quantitative estimate of drug-likeness (QED) is 0.634. The summed E-state index contributed by atoms with van der Waals surface area (Å²) in [6.07, 6.45) is 6.90. The maximum atomic E-state index is 8.61. The number of unbranched alkanes of at least 4 members (excludes halogenated alkanes) is 2. The zero-order valence-corrected chi connectivity index (χ0v) is 9.45. The minimum Gasteiger partial charge on any atom is -0.396 e. The second-order valence-electron chi connectivity index (χ2n) is 3.63. The number of rotatable bonds is 8. The van der Waals surface area contributed by atoms with Gasteiger partial charge in [-0.1, -0.05) is 0 Å². The Bertz CT molecular complexity index is 260. The Morgan fingerprint density at radius 1 is 1.40 bits per heavy atom. The van der Waals surface area contributed by atoms with Crippen molar-refractivity contribution in [3.63, 3.8) is 0 Å². The standard InChI is InChI=1S/C11H21N3O/c1-2-14-10-13-9-11(14)8-12-6-4-3-5-7-15/h9-10,12,15H,2-8H2,1H3. The zero-order valence-electron chi connectivity index (χ0n) is 9.45. The summed E-state index contributed by atoms with van der Waals surface area (Å²) >= 11 is 0. The Morgan fingerprint density at radius 3 is 3.00 bits per heavy atom. The molecule has 1 rings (SSSR count). The van der Waals surface area contributed by atoms with Crippen LogP contribution < -0.4 is 5.32 Å². The van der Waals surface area contributed by atoms with Gasteiger partial charge in [0.2, 0.25) is 0 Å². The molecule has 0 amide bonds. The SMILES string of the molecule is CCn1cncc1CNCCCCCO. The second kappa shape index (κ2) is 7.43. The molecule has 2 N–H and O–H groups in total. The van der Waals surface area contributed by atoms with Crippen molar-refractivity contribution in [2.75, 3.05) is 13.2 Å². The summed E-state index contributed by atoms with van der Waals surface area (Å²) in [5, 5.41) is 12.0. The van der Waals surface area contributed by atoms with E-state index in [0.29, 0.717) is 6.61 Å². The van der Waals surface area contributed by atoms with Crippen molar-refractivity contribution in [1.82, 2.24) is 14.9 Å². The monoisotopic (exact) mass is 211 g/mol. The van der Waals surface area contributed by atoms with Crippen LogP contribution in [0.15, 0.2) is 12.5 Å². The van der Waals surface area contributed by atoms with E-state index in [9.17, 15) is 0 Å². The van der Waals surface area contributed by atoms with Crippen LogP contribution in [-0.2, 0) is 13.1 Å². The Labute approximate surface area is 91.3 Å². The van der Waals surface area contributed by atoms with E-state index in [1.807, 2.05) is 12.5 Å². The highest BCUT2D eigenvalue weighted by Crippen LogP contribution is 1.99. The van der Waals surface area contributed by atoms with Gasteiger partial charge in [0, 0.05) is 25.9 Å². The van der Waals surface area contributed by atoms with Gasteiger partial charge >= 0.3 is 0 Å². The van der Waals surface area contributed by atoms with Crippen molar-refractivity contribution in [2.24, 2.45) is 0 Å². The first-order chi connectivity index (χ1) is 7.38. The van der Waals surface area contributed by atoms with Gasteiger partial charge in [-0.15, -0.1) is 0 Å². The van der Waals surface area contributed by atoms with E-state index >= 15 is 0 Å². The minimum absolute atomic E-state index is 0.308. The van der Waals surface area contributed by atoms with Crippen LogP contribution in [-0.4, -0.2) is 27.8 Å². The molecular weight excluding hydrogens is 190 g/mol. The largest absolute Gasteiger partial charge is 0.396 e. The van der Waals surface area contributed by atoms with E-state index in [-0.39, 0.29) is 0 Å². The molecule has 0 radical (unpaired) electrons. The number of imidazole rings is 1. The Hall–Kier alpha value is -0.870. The summed E-state index contributed by atoms with van der Waals surface area (Å²) in [5.41, 5.74) is 1.24. The van der Waals surface area contributed by atoms with Crippen molar-refractivity contribution in [3.05, 3.63) is 18.2 Å². The fourth-order valence-electron chi connectivity index (χ4n) is 1.54. The molecule has 1 aromatic heterocycles. The van der Waals surface area contributed by atoms with Crippen LogP contribution in [0.4, 0.5) is 0 Å². The van der Waals surface area contributed by atoms with E-state index in [2.05, 4.69) is 21.8 Å². The lowest BCUT2D eigenvalue weighted by atomic mass is 10.2. The van der Waals surface area contributed by atoms with Crippen molar-refractivity contribution >= 4 is 0 Å². The lowest BCUT2D eigenvalue weighted by molar-refractivity contribution is 0.283. The molecular formula is C11H21N3O. The summed E-state index contributed by atoms with van der Waals surface area (Å²) in [6, 6.07) is 0. The number of aliphatic hydroxyl groups is 1. The van der Waals surface area contributed by atoms with Crippen LogP contribution in [0.5, 0.6) is 0 Å². The van der Waals surface area contributed by atoms with Gasteiger partial charge in [0.05, 0.1) is 12.0 Å². The first-order valence-corrected chi connectivity index (χ1v) is 5.69. The fourth-order valence-corrected chi connectivity index (χ4v) is 1.54. The molecule has 0 saturated heterocycles. The maximum absolute atomic E-state index is 8.61. The van der Waals surface area contributed by atoms with Gasteiger partial charge in [-0.3, -0.25) is 0 Å². The van der Waals surface area contributed by atoms with Gasteiger partial charge in [0.15, 0.2) is 0 Å². The molecule has 4 nitrogen and oxygen atoms in total. The third-order valence-electron chi connectivity index (χ3n) is 2.46. The van der Waals surface area contributed by atoms with Crippen molar-refractivity contribution in [2.45, 2.75) is 39.3 Å². The highest BCUT2D eigenvalue weighted by Gasteiger charge is 1.98. The molecule has 0 atom stereocenters. The first kappa shape index (κ1) is 12.2. The lowest BCUT2D eigenvalue weighted by Crippen LogP contribution is -2.17. The van der Waals surface area contributed by atoms with Crippen molar-refractivity contribution < 1.29 is 5.11 Å². The van der Waals surface area contributed by atoms with Gasteiger partial charge in [-0.2, -0.15) is 0 Å². The number of hydrogen-bond acceptors (Lipinski definition) is 3. The van der Waals surface area contributed by atoms with Crippen LogP contribution in [0.1, 0.15) is 31.9 Å². The van der Waals surface area contributed by atoms with E-state index in [1.165, 1.54) is 5.69 Å². The molecule has 0 fully saturated rings. The Morgan fingerprint density at radius 2 is 2.27 bits per heavy atom. The number of nitrogens with one attached hydrogen (secondary N) is 1. The summed E-state index contributed by atoms with van der Waals surface area (Å²) in [6.45, 7) is 5.29. The number of nitrogens with zero attached hydrogens (tertiary/aromatic N) is 2. The number of hydrogen-bond donors (Lipinski definition) is 2. The van der Waals surface area contributed by atoms with Gasteiger partial charge in [-0.05, 0) is 32.7 Å². The molecule has 4 heteroatoms. The molecule has 0 unspecified atom stereocenters. The minimum atomic E-state index is 0.308. The maximum Gasteiger partial charge on any atom is 0.0948 e. The van der Waals surface area contributed by atoms with E-state index in [4.69, 9.17) is 5.11 Å². The highest BCUT2D eigenvalue weighted by molar-refractivity contribution is 4.97. The molecule has 0 aliphatic rings. The third-order valence-corrected chi connectivity index (χ3v) is 2.46. The predicted octanol–water partition coefficient (Wildman–Crippen LogP) is 1.16. The highest BCUT2D eigenvalue weighted by atomic mass is 16.2. The fraction of sp³-hybridized carbons (Fsp3) is 0.727. The zero-order chi connectivity index (χ0) is 10.9. The molecule has 0 aliphatic heterocycles. The molecule has 0 bridgehead atoms. The molecule has 86 valence electrons. The summed E-state index contributed by atoms with van der Waals surface area (Å²) in [5.74, 6) is 0. The van der Waals surface area contributed by atoms with E-state index in [1.54, 1.807) is 0 Å². The van der Waals surface area contributed by atoms with Gasteiger partial charge < -0.3 is 15.0 Å². The van der Waals surface area contributed by atoms with E-state index in [0.717, 1.165) is 38.9 Å². The molecule has 0 aliphatic carbocycles. The van der Waals surface area contributed by atoms with Crippen molar-refractivity contribution in [3.8, 4) is 0 Å². The topological polar surface area (TPSA) is 50.1 Å². The molecule has 0 saturated carbocycles. The van der Waals surface area contributed by atoms with E-state index < -0.39 is 0 Å². The Kier molecular flexibility index (Phi) is 6.04. The number of aliphatic hydroxyl groups excluding tert-OH is 1. The average Bonchev–Trinajstić information content (AvgIpc) is 2.70. The second-order valence-corrected chi connectivity index (χ2v) is 3.63. The molecule has 0 spiro atoms. The van der Waals surface area contributed by atoms with Crippen molar-refractivity contribution in [1.29, 1.82) is 0 Å². The molecule has 15 heavy (non-hydrogen) atoms. The third kappa shape index (κ3) is 4.44. The predicted molar refractivity (Wildman–Crippen MR) is 60.5 cm³/mol. The van der Waals surface area contributed by atoms with Crippen LogP contribution in [0.25, 0.3) is 0 Å². The smallest absolute Gasteiger partial charge is 0.0948 e. The normalized spacial score (nSPS) is 10.8. The summed E-state index contributed by atoms with van der Waals surface area (Å²) in [7, 11) is 0. The van der Waals surface area contributed by atoms with Gasteiger partial charge in [-0.25, -0.2) is 4.98 Å². The van der Waals surface area contributed by atoms with Gasteiger partial charge in [0.25, 0.3) is 0 Å². The van der Waals surface area contributed by atoms with Crippen LogP contribution >= 0.6 is 0 Å². The van der Waals surface area contributed by atoms with Crippen LogP contribution in [0.3, 0.4) is 0 Å². The number of aromatic nitrogens is 2. The first-order valence-electron chi connectivity index (χ1n) is 5.69. The summed E-state index contributed by atoms with van der Waals surface area (Å²) < 4.78 is 2.14. The summed E-state index contributed by atoms with van der Waals surface area (Å²) in [4.78, 5) is 4.11.